The average Bonchev–Trinajstić information content (AvgIpc) is 2.35. The SMILES string of the molecule is C=C(C=C(F)F)c1c[c]oc1. The van der Waals surface area contributed by atoms with E-state index in [1.807, 2.05) is 0 Å². The van der Waals surface area contributed by atoms with Crippen LogP contribution in [0.3, 0.4) is 0 Å². The summed E-state index contributed by atoms with van der Waals surface area (Å²) < 4.78 is 27.8. The molecule has 1 heterocycles. The van der Waals surface area contributed by atoms with Crippen LogP contribution in [-0.2, 0) is 0 Å². The fraction of sp³-hybridized carbons (Fsp3) is 0. The zero-order valence-electron chi connectivity index (χ0n) is 5.60. The lowest BCUT2D eigenvalue weighted by Gasteiger charge is -1.90. The molecule has 1 aromatic heterocycles. The monoisotopic (exact) mass is 155 g/mol. The minimum absolute atomic E-state index is 0.218. The van der Waals surface area contributed by atoms with Gasteiger partial charge in [-0.15, -0.1) is 0 Å². The Labute approximate surface area is 62.6 Å². The predicted octanol–water partition coefficient (Wildman–Crippen LogP) is 2.87. The molecule has 1 nitrogen and oxygen atoms in total. The number of furan rings is 1. The Bertz CT molecular complexity index is 268. The lowest BCUT2D eigenvalue weighted by atomic mass is 10.2. The fourth-order valence-corrected chi connectivity index (χ4v) is 0.612. The highest BCUT2D eigenvalue weighted by Crippen LogP contribution is 2.16. The Kier molecular flexibility index (Phi) is 2.21. The summed E-state index contributed by atoms with van der Waals surface area (Å²) in [5.41, 5.74) is 0.729. The van der Waals surface area contributed by atoms with E-state index in [-0.39, 0.29) is 5.57 Å². The summed E-state index contributed by atoms with van der Waals surface area (Å²) in [6.07, 6.45) is 2.59. The van der Waals surface area contributed by atoms with E-state index in [0.717, 1.165) is 0 Å². The third-order valence-corrected chi connectivity index (χ3v) is 1.12. The topological polar surface area (TPSA) is 13.1 Å². The van der Waals surface area contributed by atoms with E-state index < -0.39 is 6.08 Å². The number of hydrogen-bond acceptors (Lipinski definition) is 1. The van der Waals surface area contributed by atoms with Crippen LogP contribution < -0.4 is 0 Å². The van der Waals surface area contributed by atoms with E-state index in [2.05, 4.69) is 17.3 Å². The van der Waals surface area contributed by atoms with E-state index in [0.29, 0.717) is 11.6 Å². The van der Waals surface area contributed by atoms with Crippen molar-refractivity contribution >= 4 is 5.57 Å². The molecule has 0 amide bonds. The van der Waals surface area contributed by atoms with Gasteiger partial charge in [0.05, 0.1) is 6.26 Å². The van der Waals surface area contributed by atoms with Gasteiger partial charge in [-0.2, -0.15) is 8.78 Å². The molecule has 11 heavy (non-hydrogen) atoms. The second-order valence-corrected chi connectivity index (χ2v) is 1.91. The van der Waals surface area contributed by atoms with Gasteiger partial charge in [-0.25, -0.2) is 0 Å². The summed E-state index contributed by atoms with van der Waals surface area (Å²) >= 11 is 0. The molecule has 0 N–H and O–H groups in total. The predicted molar refractivity (Wildman–Crippen MR) is 36.9 cm³/mol. The van der Waals surface area contributed by atoms with Crippen molar-refractivity contribution in [3.63, 3.8) is 0 Å². The largest absolute Gasteiger partial charge is 0.460 e. The second-order valence-electron chi connectivity index (χ2n) is 1.91. The van der Waals surface area contributed by atoms with Gasteiger partial charge in [0.25, 0.3) is 6.08 Å². The summed E-state index contributed by atoms with van der Waals surface area (Å²) in [7, 11) is 0. The molecule has 0 aliphatic carbocycles. The third-order valence-electron chi connectivity index (χ3n) is 1.12. The zero-order chi connectivity index (χ0) is 8.27. The Morgan fingerprint density at radius 1 is 1.64 bits per heavy atom. The van der Waals surface area contributed by atoms with E-state index >= 15 is 0 Å². The van der Waals surface area contributed by atoms with Crippen LogP contribution in [0, 0.1) is 6.26 Å². The Hall–Kier alpha value is -1.38. The highest BCUT2D eigenvalue weighted by molar-refractivity contribution is 5.71. The van der Waals surface area contributed by atoms with Gasteiger partial charge in [0.1, 0.15) is 0 Å². The van der Waals surface area contributed by atoms with Crippen LogP contribution in [0.2, 0.25) is 0 Å². The maximum absolute atomic E-state index is 11.6. The molecule has 0 unspecified atom stereocenters. The minimum atomic E-state index is -1.77. The molecule has 57 valence electrons. The molecule has 1 rings (SSSR count). The first-order valence-corrected chi connectivity index (χ1v) is 2.86. The van der Waals surface area contributed by atoms with Gasteiger partial charge in [-0.1, -0.05) is 6.58 Å². The van der Waals surface area contributed by atoms with E-state index in [1.54, 1.807) is 0 Å². The van der Waals surface area contributed by atoms with E-state index in [4.69, 9.17) is 0 Å². The van der Waals surface area contributed by atoms with E-state index in [1.165, 1.54) is 12.3 Å². The van der Waals surface area contributed by atoms with Gasteiger partial charge in [-0.05, 0) is 11.6 Å². The lowest BCUT2D eigenvalue weighted by Crippen LogP contribution is -1.72. The van der Waals surface area contributed by atoms with Crippen molar-refractivity contribution in [3.05, 3.63) is 42.9 Å². The van der Waals surface area contributed by atoms with Crippen LogP contribution in [0.25, 0.3) is 5.57 Å². The fourth-order valence-electron chi connectivity index (χ4n) is 0.612. The van der Waals surface area contributed by atoms with Crippen LogP contribution in [-0.4, -0.2) is 0 Å². The summed E-state index contributed by atoms with van der Waals surface area (Å²) in [5, 5.41) is 0. The average molecular weight is 155 g/mol. The molecule has 1 radical (unpaired) electrons. The van der Waals surface area contributed by atoms with Crippen LogP contribution in [0.1, 0.15) is 5.56 Å². The number of rotatable bonds is 2. The van der Waals surface area contributed by atoms with Crippen LogP contribution >= 0.6 is 0 Å². The van der Waals surface area contributed by atoms with Crippen molar-refractivity contribution < 1.29 is 13.2 Å². The summed E-state index contributed by atoms with van der Waals surface area (Å²) in [6.45, 7) is 3.40. The maximum Gasteiger partial charge on any atom is 0.270 e. The van der Waals surface area contributed by atoms with Crippen molar-refractivity contribution in [1.82, 2.24) is 0 Å². The molecular formula is C8H5F2O. The zero-order valence-corrected chi connectivity index (χ0v) is 5.60. The van der Waals surface area contributed by atoms with E-state index in [9.17, 15) is 8.78 Å². The molecule has 0 bridgehead atoms. The maximum atomic E-state index is 11.6. The quantitative estimate of drug-likeness (QED) is 0.598. The summed E-state index contributed by atoms with van der Waals surface area (Å²) in [5.74, 6) is 0. The molecule has 0 aromatic carbocycles. The summed E-state index contributed by atoms with van der Waals surface area (Å²) in [6, 6.07) is 1.45. The highest BCUT2D eigenvalue weighted by atomic mass is 19.3. The first-order valence-electron chi connectivity index (χ1n) is 2.86. The van der Waals surface area contributed by atoms with Crippen molar-refractivity contribution in [2.45, 2.75) is 0 Å². The Balaban J connectivity index is 2.80. The van der Waals surface area contributed by atoms with Gasteiger partial charge in [0.2, 0.25) is 0 Å². The molecule has 3 heteroatoms. The van der Waals surface area contributed by atoms with Crippen molar-refractivity contribution in [3.8, 4) is 0 Å². The standard InChI is InChI=1S/C8H5F2O/c1-6(4-8(9)10)7-2-3-11-5-7/h2,4-5H,1H2. The molecule has 0 aliphatic rings. The molecule has 0 fully saturated rings. The molecule has 0 spiro atoms. The molecule has 0 saturated carbocycles. The first kappa shape index (κ1) is 7.72. The molecule has 1 aromatic rings. The molecule has 0 aliphatic heterocycles. The Morgan fingerprint density at radius 2 is 2.36 bits per heavy atom. The van der Waals surface area contributed by atoms with Gasteiger partial charge >= 0.3 is 0 Å². The van der Waals surface area contributed by atoms with Gasteiger partial charge in [-0.3, -0.25) is 0 Å². The van der Waals surface area contributed by atoms with Crippen molar-refractivity contribution in [2.75, 3.05) is 0 Å². The van der Waals surface area contributed by atoms with Gasteiger partial charge in [0.15, 0.2) is 6.26 Å². The number of halogens is 2. The van der Waals surface area contributed by atoms with Crippen LogP contribution in [0.5, 0.6) is 0 Å². The van der Waals surface area contributed by atoms with Crippen LogP contribution in [0.15, 0.2) is 35.5 Å². The Morgan fingerprint density at radius 3 is 2.82 bits per heavy atom. The lowest BCUT2D eigenvalue weighted by molar-refractivity contribution is 0.422. The number of allylic oxidation sites excluding steroid dienone is 2. The minimum Gasteiger partial charge on any atom is -0.460 e. The van der Waals surface area contributed by atoms with Crippen LogP contribution in [0.4, 0.5) is 8.78 Å². The normalized spacial score (nSPS) is 9.27. The first-order chi connectivity index (χ1) is 5.20. The van der Waals surface area contributed by atoms with Gasteiger partial charge in [0, 0.05) is 11.6 Å². The van der Waals surface area contributed by atoms with Gasteiger partial charge < -0.3 is 4.42 Å². The highest BCUT2D eigenvalue weighted by Gasteiger charge is 1.98. The molecule has 0 saturated heterocycles. The third kappa shape index (κ3) is 2.04. The smallest absolute Gasteiger partial charge is 0.270 e. The second kappa shape index (κ2) is 3.14. The number of hydrogen-bond donors (Lipinski definition) is 0. The summed E-state index contributed by atoms with van der Waals surface area (Å²) in [4.78, 5) is 0. The molecule has 0 atom stereocenters. The van der Waals surface area contributed by atoms with Crippen molar-refractivity contribution in [1.29, 1.82) is 0 Å². The van der Waals surface area contributed by atoms with Crippen molar-refractivity contribution in [2.24, 2.45) is 0 Å². The molecular weight excluding hydrogens is 150 g/mol.